The highest BCUT2D eigenvalue weighted by atomic mass is 35.5. The van der Waals surface area contributed by atoms with Gasteiger partial charge in [-0.3, -0.25) is 13.9 Å². The van der Waals surface area contributed by atoms with E-state index in [1.54, 1.807) is 12.1 Å². The molecule has 40 heavy (non-hydrogen) atoms. The number of halogens is 1. The second-order valence-corrected chi connectivity index (χ2v) is 12.0. The summed E-state index contributed by atoms with van der Waals surface area (Å²) in [4.78, 5) is 29.3. The number of ether oxygens (including phenoxy) is 1. The summed E-state index contributed by atoms with van der Waals surface area (Å²) in [7, 11) is -2.54. The Morgan fingerprint density at radius 1 is 0.975 bits per heavy atom. The number of sulfonamides is 1. The largest absolute Gasteiger partial charge is 0.495 e. The Balaban J connectivity index is 2.08. The van der Waals surface area contributed by atoms with E-state index >= 15 is 0 Å². The summed E-state index contributed by atoms with van der Waals surface area (Å²) < 4.78 is 32.3. The van der Waals surface area contributed by atoms with Crippen molar-refractivity contribution in [2.75, 3.05) is 24.2 Å². The summed E-state index contributed by atoms with van der Waals surface area (Å²) in [6, 6.07) is 22.3. The van der Waals surface area contributed by atoms with Crippen LogP contribution in [0.15, 0.2) is 78.9 Å². The molecule has 0 saturated carbocycles. The molecule has 1 N–H and O–H groups in total. The molecule has 0 bridgehead atoms. The number of hydrogen-bond acceptors (Lipinski definition) is 5. The average Bonchev–Trinajstić information content (AvgIpc) is 2.93. The molecule has 0 saturated heterocycles. The van der Waals surface area contributed by atoms with Gasteiger partial charge in [-0.15, -0.1) is 0 Å². The molecule has 0 heterocycles. The summed E-state index contributed by atoms with van der Waals surface area (Å²) in [6.45, 7) is 3.42. The van der Waals surface area contributed by atoms with Gasteiger partial charge in [-0.05, 0) is 42.7 Å². The third kappa shape index (κ3) is 8.47. The van der Waals surface area contributed by atoms with E-state index in [-0.39, 0.29) is 41.4 Å². The van der Waals surface area contributed by atoms with Crippen LogP contribution in [-0.2, 0) is 32.6 Å². The molecule has 3 aromatic rings. The van der Waals surface area contributed by atoms with Crippen LogP contribution in [0.3, 0.4) is 0 Å². The van der Waals surface area contributed by atoms with Crippen LogP contribution in [-0.4, -0.2) is 57.1 Å². The fraction of sp³-hybridized carbons (Fsp3) is 0.333. The topological polar surface area (TPSA) is 96.0 Å². The Morgan fingerprint density at radius 3 is 2.12 bits per heavy atom. The van der Waals surface area contributed by atoms with E-state index < -0.39 is 28.5 Å². The van der Waals surface area contributed by atoms with Crippen molar-refractivity contribution in [3.8, 4) is 5.75 Å². The van der Waals surface area contributed by atoms with E-state index in [0.717, 1.165) is 21.7 Å². The second kappa shape index (κ2) is 14.2. The Labute approximate surface area is 241 Å². The molecule has 10 heteroatoms. The molecule has 8 nitrogen and oxygen atoms in total. The predicted octanol–water partition coefficient (Wildman–Crippen LogP) is 4.67. The van der Waals surface area contributed by atoms with Crippen molar-refractivity contribution in [1.82, 2.24) is 10.2 Å². The minimum Gasteiger partial charge on any atom is -0.495 e. The van der Waals surface area contributed by atoms with Gasteiger partial charge in [0, 0.05) is 24.0 Å². The third-order valence-electron chi connectivity index (χ3n) is 6.56. The zero-order chi connectivity index (χ0) is 29.3. The molecule has 0 fully saturated rings. The summed E-state index contributed by atoms with van der Waals surface area (Å²) in [6.07, 6.45) is 1.98. The number of hydrogen-bond donors (Lipinski definition) is 1. The highest BCUT2D eigenvalue weighted by Gasteiger charge is 2.34. The number of rotatable bonds is 13. The molecule has 214 valence electrons. The monoisotopic (exact) mass is 585 g/mol. The standard InChI is InChI=1S/C30H36ClN3O5S/c1-5-22(2)32-30(36)27(18-23-12-8-6-9-13-23)33(20-24-14-10-7-11-15-24)29(35)21-34(40(4,37)38)26-19-25(31)16-17-28(26)39-3/h6-17,19,22,27H,5,18,20-21H2,1-4H3,(H,32,36)/t22-,27+/m1/s1. The second-order valence-electron chi connectivity index (χ2n) is 9.62. The Bertz CT molecular complexity index is 1390. The van der Waals surface area contributed by atoms with Crippen molar-refractivity contribution in [1.29, 1.82) is 0 Å². The Hall–Kier alpha value is -3.56. The van der Waals surface area contributed by atoms with E-state index in [0.29, 0.717) is 6.42 Å². The maximum absolute atomic E-state index is 14.1. The molecule has 2 amide bonds. The van der Waals surface area contributed by atoms with E-state index in [1.165, 1.54) is 18.1 Å². The molecule has 0 aromatic heterocycles. The summed E-state index contributed by atoms with van der Waals surface area (Å²) in [5, 5.41) is 3.29. The Kier molecular flexibility index (Phi) is 11.0. The fourth-order valence-electron chi connectivity index (χ4n) is 4.23. The van der Waals surface area contributed by atoms with Crippen LogP contribution in [0.2, 0.25) is 5.02 Å². The predicted molar refractivity (Wildman–Crippen MR) is 159 cm³/mol. The van der Waals surface area contributed by atoms with Crippen LogP contribution >= 0.6 is 11.6 Å². The maximum Gasteiger partial charge on any atom is 0.244 e. The van der Waals surface area contributed by atoms with Gasteiger partial charge in [0.1, 0.15) is 18.3 Å². The van der Waals surface area contributed by atoms with Crippen LogP contribution in [0.25, 0.3) is 0 Å². The lowest BCUT2D eigenvalue weighted by Gasteiger charge is -2.34. The lowest BCUT2D eigenvalue weighted by molar-refractivity contribution is -0.140. The SMILES string of the molecule is CC[C@@H](C)NC(=O)[C@H](Cc1ccccc1)N(Cc1ccccc1)C(=O)CN(c1cc(Cl)ccc1OC)S(C)(=O)=O. The van der Waals surface area contributed by atoms with Gasteiger partial charge < -0.3 is 15.0 Å². The van der Waals surface area contributed by atoms with Gasteiger partial charge in [-0.25, -0.2) is 8.42 Å². The van der Waals surface area contributed by atoms with E-state index in [2.05, 4.69) is 5.32 Å². The fourth-order valence-corrected chi connectivity index (χ4v) is 5.24. The number of methoxy groups -OCH3 is 1. The molecular formula is C30H36ClN3O5S. The average molecular weight is 586 g/mol. The van der Waals surface area contributed by atoms with Crippen molar-refractivity contribution in [2.45, 2.75) is 45.3 Å². The molecule has 0 aliphatic rings. The van der Waals surface area contributed by atoms with Crippen molar-refractivity contribution in [3.63, 3.8) is 0 Å². The quantitative estimate of drug-likeness (QED) is 0.314. The highest BCUT2D eigenvalue weighted by Crippen LogP contribution is 2.33. The van der Waals surface area contributed by atoms with Crippen molar-refractivity contribution in [2.24, 2.45) is 0 Å². The zero-order valence-corrected chi connectivity index (χ0v) is 24.8. The van der Waals surface area contributed by atoms with Crippen LogP contribution in [0.1, 0.15) is 31.4 Å². The van der Waals surface area contributed by atoms with Gasteiger partial charge in [0.05, 0.1) is 19.1 Å². The zero-order valence-electron chi connectivity index (χ0n) is 23.2. The van der Waals surface area contributed by atoms with Gasteiger partial charge in [-0.2, -0.15) is 0 Å². The van der Waals surface area contributed by atoms with Crippen LogP contribution in [0.4, 0.5) is 5.69 Å². The van der Waals surface area contributed by atoms with E-state index in [9.17, 15) is 18.0 Å². The molecule has 0 unspecified atom stereocenters. The molecule has 2 atom stereocenters. The van der Waals surface area contributed by atoms with Gasteiger partial charge in [-0.1, -0.05) is 79.2 Å². The van der Waals surface area contributed by atoms with Crippen LogP contribution < -0.4 is 14.4 Å². The van der Waals surface area contributed by atoms with Crippen molar-refractivity contribution < 1.29 is 22.7 Å². The minimum atomic E-state index is -3.95. The summed E-state index contributed by atoms with van der Waals surface area (Å²) >= 11 is 6.19. The highest BCUT2D eigenvalue weighted by molar-refractivity contribution is 7.92. The number of amides is 2. The van der Waals surface area contributed by atoms with E-state index in [1.807, 2.05) is 74.5 Å². The third-order valence-corrected chi connectivity index (χ3v) is 7.92. The van der Waals surface area contributed by atoms with Crippen LogP contribution in [0.5, 0.6) is 5.75 Å². The first-order valence-corrected chi connectivity index (χ1v) is 15.2. The first-order chi connectivity index (χ1) is 19.0. The molecule has 3 aromatic carbocycles. The number of nitrogens with zero attached hydrogens (tertiary/aromatic N) is 2. The smallest absolute Gasteiger partial charge is 0.244 e. The molecule has 0 radical (unpaired) electrons. The molecular weight excluding hydrogens is 550 g/mol. The van der Waals surface area contributed by atoms with Gasteiger partial charge in [0.15, 0.2) is 0 Å². The van der Waals surface area contributed by atoms with Crippen LogP contribution in [0, 0.1) is 0 Å². The number of carbonyl (C=O) groups excluding carboxylic acids is 2. The van der Waals surface area contributed by atoms with Gasteiger partial charge in [0.2, 0.25) is 21.8 Å². The van der Waals surface area contributed by atoms with Crippen molar-refractivity contribution >= 4 is 39.1 Å². The number of nitrogens with one attached hydrogen (secondary N) is 1. The molecule has 0 spiro atoms. The lowest BCUT2D eigenvalue weighted by atomic mass is 10.0. The molecule has 3 rings (SSSR count). The summed E-state index contributed by atoms with van der Waals surface area (Å²) in [5.74, 6) is -0.613. The molecule has 0 aliphatic heterocycles. The minimum absolute atomic E-state index is 0.107. The van der Waals surface area contributed by atoms with E-state index in [4.69, 9.17) is 16.3 Å². The summed E-state index contributed by atoms with van der Waals surface area (Å²) in [5.41, 5.74) is 1.81. The number of carbonyl (C=O) groups is 2. The molecule has 0 aliphatic carbocycles. The first-order valence-electron chi connectivity index (χ1n) is 13.0. The lowest BCUT2D eigenvalue weighted by Crippen LogP contribution is -2.54. The van der Waals surface area contributed by atoms with Gasteiger partial charge >= 0.3 is 0 Å². The van der Waals surface area contributed by atoms with Crippen molar-refractivity contribution in [3.05, 3.63) is 95.0 Å². The number of benzene rings is 3. The Morgan fingerprint density at radius 2 is 1.57 bits per heavy atom. The first kappa shape index (κ1) is 31.0. The number of anilines is 1. The van der Waals surface area contributed by atoms with Gasteiger partial charge in [0.25, 0.3) is 0 Å². The normalized spacial score (nSPS) is 12.7. The maximum atomic E-state index is 14.1.